The molecule has 0 atom stereocenters. The normalized spacial score (nSPS) is 15.2. The maximum atomic E-state index is 12.1. The number of rotatable bonds is 7. The highest BCUT2D eigenvalue weighted by molar-refractivity contribution is 5.93. The van der Waals surface area contributed by atoms with Crippen LogP contribution in [0, 0.1) is 0 Å². The van der Waals surface area contributed by atoms with E-state index in [0.29, 0.717) is 6.61 Å². The van der Waals surface area contributed by atoms with Gasteiger partial charge in [-0.25, -0.2) is 0 Å². The van der Waals surface area contributed by atoms with Gasteiger partial charge in [0.15, 0.2) is 0 Å². The second kappa shape index (κ2) is 9.27. The Balaban J connectivity index is 1.71. The molecule has 6 heteroatoms. The molecule has 2 rings (SSSR count). The van der Waals surface area contributed by atoms with Crippen molar-refractivity contribution in [2.24, 2.45) is 0 Å². The molecule has 1 aliphatic rings. The molecule has 0 radical (unpaired) electrons. The second-order valence-electron chi connectivity index (χ2n) is 6.11. The summed E-state index contributed by atoms with van der Waals surface area (Å²) in [6.07, 6.45) is 1.42. The van der Waals surface area contributed by atoms with E-state index in [4.69, 9.17) is 4.74 Å². The number of ether oxygens (including phenoxy) is 1. The van der Waals surface area contributed by atoms with E-state index < -0.39 is 0 Å². The van der Waals surface area contributed by atoms with Gasteiger partial charge in [0, 0.05) is 44.7 Å². The molecule has 0 aliphatic carbocycles. The number of nitrogens with zero attached hydrogens (tertiary/aromatic N) is 2. The van der Waals surface area contributed by atoms with Gasteiger partial charge in [0.2, 0.25) is 11.8 Å². The minimum Gasteiger partial charge on any atom is -0.494 e. The van der Waals surface area contributed by atoms with Crippen LogP contribution in [0.25, 0.3) is 0 Å². The minimum atomic E-state index is -0.139. The van der Waals surface area contributed by atoms with Crippen molar-refractivity contribution in [3.63, 3.8) is 0 Å². The number of carbonyl (C=O) groups is 2. The maximum absolute atomic E-state index is 12.1. The maximum Gasteiger partial charge on any atom is 0.224 e. The lowest BCUT2D eigenvalue weighted by Gasteiger charge is -2.32. The van der Waals surface area contributed by atoms with E-state index in [1.165, 1.54) is 0 Å². The molecule has 1 saturated heterocycles. The van der Waals surface area contributed by atoms with Crippen LogP contribution in [0.15, 0.2) is 24.3 Å². The zero-order valence-corrected chi connectivity index (χ0v) is 14.6. The van der Waals surface area contributed by atoms with Gasteiger partial charge in [-0.3, -0.25) is 9.59 Å². The summed E-state index contributed by atoms with van der Waals surface area (Å²) in [5.74, 6) is 0.710. The Kier molecular flexibility index (Phi) is 7.06. The fourth-order valence-corrected chi connectivity index (χ4v) is 2.51. The predicted octanol–water partition coefficient (Wildman–Crippen LogP) is 1.97. The summed E-state index contributed by atoms with van der Waals surface area (Å²) in [6, 6.07) is 7.29. The largest absolute Gasteiger partial charge is 0.494 e. The van der Waals surface area contributed by atoms with Crippen molar-refractivity contribution in [3.05, 3.63) is 24.3 Å². The lowest BCUT2D eigenvalue weighted by atomic mass is 10.2. The molecule has 24 heavy (non-hydrogen) atoms. The van der Waals surface area contributed by atoms with E-state index in [9.17, 15) is 9.59 Å². The molecule has 0 unspecified atom stereocenters. The van der Waals surface area contributed by atoms with Gasteiger partial charge in [-0.1, -0.05) is 6.92 Å². The third kappa shape index (κ3) is 5.85. The molecule has 2 amide bonds. The molecule has 6 nitrogen and oxygen atoms in total. The first-order valence-electron chi connectivity index (χ1n) is 8.57. The Labute approximate surface area is 143 Å². The molecule has 0 saturated carbocycles. The smallest absolute Gasteiger partial charge is 0.224 e. The molecule has 1 aromatic carbocycles. The van der Waals surface area contributed by atoms with Gasteiger partial charge in [-0.05, 0) is 37.7 Å². The fourth-order valence-electron chi connectivity index (χ4n) is 2.51. The number of piperazine rings is 1. The van der Waals surface area contributed by atoms with Gasteiger partial charge < -0.3 is 19.9 Å². The van der Waals surface area contributed by atoms with Crippen LogP contribution in [0.3, 0.4) is 0 Å². The van der Waals surface area contributed by atoms with E-state index in [1.807, 2.05) is 36.2 Å². The highest BCUT2D eigenvalue weighted by Crippen LogP contribution is 2.16. The van der Waals surface area contributed by atoms with Crippen LogP contribution in [-0.2, 0) is 9.59 Å². The number of hydrogen-bond acceptors (Lipinski definition) is 4. The number of benzene rings is 1. The summed E-state index contributed by atoms with van der Waals surface area (Å²) in [6.45, 7) is 6.01. The molecule has 1 aliphatic heterocycles. The van der Waals surface area contributed by atoms with E-state index in [0.717, 1.165) is 44.0 Å². The summed E-state index contributed by atoms with van der Waals surface area (Å²) < 4.78 is 5.50. The molecular formula is C18H27N3O3. The van der Waals surface area contributed by atoms with Gasteiger partial charge in [0.1, 0.15) is 5.75 Å². The van der Waals surface area contributed by atoms with Gasteiger partial charge in [0.05, 0.1) is 6.61 Å². The Morgan fingerprint density at radius 2 is 1.75 bits per heavy atom. The molecular weight excluding hydrogens is 306 g/mol. The quantitative estimate of drug-likeness (QED) is 0.829. The van der Waals surface area contributed by atoms with Gasteiger partial charge >= 0.3 is 0 Å². The third-order valence-electron chi connectivity index (χ3n) is 4.03. The minimum absolute atomic E-state index is 0.0570. The van der Waals surface area contributed by atoms with Crippen molar-refractivity contribution in [2.45, 2.75) is 26.2 Å². The van der Waals surface area contributed by atoms with E-state index >= 15 is 0 Å². The van der Waals surface area contributed by atoms with Crippen molar-refractivity contribution in [3.8, 4) is 5.75 Å². The van der Waals surface area contributed by atoms with Gasteiger partial charge in [-0.15, -0.1) is 0 Å². The van der Waals surface area contributed by atoms with E-state index in [2.05, 4.69) is 17.1 Å². The second-order valence-corrected chi connectivity index (χ2v) is 6.11. The number of hydrogen-bond donors (Lipinski definition) is 1. The standard InChI is InChI=1S/C18H27N3O3/c1-3-14-24-16-6-4-15(5-7-16)19-17(22)8-9-18(23)21-12-10-20(2)11-13-21/h4-7H,3,8-14H2,1-2H3,(H,19,22). The van der Waals surface area contributed by atoms with Crippen LogP contribution < -0.4 is 10.1 Å². The Bertz CT molecular complexity index is 537. The lowest BCUT2D eigenvalue weighted by molar-refractivity contribution is -0.134. The average Bonchev–Trinajstić information content (AvgIpc) is 2.59. The van der Waals surface area contributed by atoms with Crippen molar-refractivity contribution in [2.75, 3.05) is 45.2 Å². The summed E-state index contributed by atoms with van der Waals surface area (Å²) in [5.41, 5.74) is 0.718. The van der Waals surface area contributed by atoms with Crippen LogP contribution in [0.5, 0.6) is 5.75 Å². The molecule has 1 N–H and O–H groups in total. The van der Waals surface area contributed by atoms with Crippen molar-refractivity contribution < 1.29 is 14.3 Å². The Hall–Kier alpha value is -2.08. The first-order chi connectivity index (χ1) is 11.6. The molecule has 0 bridgehead atoms. The Morgan fingerprint density at radius 1 is 1.08 bits per heavy atom. The topological polar surface area (TPSA) is 61.9 Å². The number of anilines is 1. The number of carbonyl (C=O) groups excluding carboxylic acids is 2. The molecule has 1 fully saturated rings. The summed E-state index contributed by atoms with van der Waals surface area (Å²) in [5, 5.41) is 2.82. The monoisotopic (exact) mass is 333 g/mol. The van der Waals surface area contributed by atoms with E-state index in [-0.39, 0.29) is 24.7 Å². The van der Waals surface area contributed by atoms with Crippen LogP contribution >= 0.6 is 0 Å². The van der Waals surface area contributed by atoms with Crippen molar-refractivity contribution in [1.82, 2.24) is 9.80 Å². The highest BCUT2D eigenvalue weighted by Gasteiger charge is 2.19. The van der Waals surface area contributed by atoms with Crippen LogP contribution in [0.4, 0.5) is 5.69 Å². The molecule has 0 aromatic heterocycles. The number of amides is 2. The molecule has 1 aromatic rings. The number of nitrogens with one attached hydrogen (secondary N) is 1. The zero-order valence-electron chi connectivity index (χ0n) is 14.6. The highest BCUT2D eigenvalue weighted by atomic mass is 16.5. The third-order valence-corrected chi connectivity index (χ3v) is 4.03. The predicted molar refractivity (Wildman–Crippen MR) is 94.2 cm³/mol. The van der Waals surface area contributed by atoms with E-state index in [1.54, 1.807) is 0 Å². The van der Waals surface area contributed by atoms with Crippen LogP contribution in [0.2, 0.25) is 0 Å². The molecule has 1 heterocycles. The Morgan fingerprint density at radius 3 is 2.38 bits per heavy atom. The fraction of sp³-hybridized carbons (Fsp3) is 0.556. The summed E-state index contributed by atoms with van der Waals surface area (Å²) in [7, 11) is 2.05. The van der Waals surface area contributed by atoms with Crippen molar-refractivity contribution in [1.29, 1.82) is 0 Å². The summed E-state index contributed by atoms with van der Waals surface area (Å²) >= 11 is 0. The first kappa shape index (κ1) is 18.3. The van der Waals surface area contributed by atoms with Gasteiger partial charge in [-0.2, -0.15) is 0 Å². The molecule has 132 valence electrons. The average molecular weight is 333 g/mol. The van der Waals surface area contributed by atoms with Crippen molar-refractivity contribution >= 4 is 17.5 Å². The van der Waals surface area contributed by atoms with Gasteiger partial charge in [0.25, 0.3) is 0 Å². The SMILES string of the molecule is CCCOc1ccc(NC(=O)CCC(=O)N2CCN(C)CC2)cc1. The number of likely N-dealkylation sites (N-methyl/N-ethyl adjacent to an activating group) is 1. The first-order valence-corrected chi connectivity index (χ1v) is 8.57. The zero-order chi connectivity index (χ0) is 17.4. The van der Waals surface area contributed by atoms with Crippen LogP contribution in [-0.4, -0.2) is 61.4 Å². The lowest BCUT2D eigenvalue weighted by Crippen LogP contribution is -2.47. The summed E-state index contributed by atoms with van der Waals surface area (Å²) in [4.78, 5) is 28.1. The molecule has 0 spiro atoms. The van der Waals surface area contributed by atoms with Crippen LogP contribution in [0.1, 0.15) is 26.2 Å².